The highest BCUT2D eigenvalue weighted by Crippen LogP contribution is 2.46. The van der Waals surface area contributed by atoms with E-state index in [0.717, 1.165) is 11.8 Å². The fourth-order valence-electron chi connectivity index (χ4n) is 1.11. The maximum Gasteiger partial charge on any atom is 0.222 e. The Morgan fingerprint density at radius 3 is 2.42 bits per heavy atom. The summed E-state index contributed by atoms with van der Waals surface area (Å²) in [4.78, 5) is 0. The summed E-state index contributed by atoms with van der Waals surface area (Å²) in [5, 5.41) is 8.06. The molecular formula is C9H14N2O. The molecule has 0 bridgehead atoms. The lowest BCUT2D eigenvalue weighted by Crippen LogP contribution is -1.99. The molecule has 1 aliphatic rings. The van der Waals surface area contributed by atoms with Gasteiger partial charge < -0.3 is 4.42 Å². The van der Waals surface area contributed by atoms with E-state index in [4.69, 9.17) is 4.42 Å². The molecule has 0 aromatic carbocycles. The molecule has 66 valence electrons. The van der Waals surface area contributed by atoms with Crippen LogP contribution in [0.5, 0.6) is 0 Å². The highest BCUT2D eigenvalue weighted by Gasteiger charge is 2.44. The van der Waals surface area contributed by atoms with Crippen molar-refractivity contribution in [2.45, 2.75) is 44.9 Å². The van der Waals surface area contributed by atoms with Gasteiger partial charge >= 0.3 is 0 Å². The molecule has 1 aromatic heterocycles. The number of hydrogen-bond acceptors (Lipinski definition) is 3. The molecule has 0 spiro atoms. The highest BCUT2D eigenvalue weighted by molar-refractivity contribution is 5.12. The lowest BCUT2D eigenvalue weighted by atomic mass is 10.1. The molecule has 0 saturated heterocycles. The average molecular weight is 166 g/mol. The Labute approximate surface area is 72.2 Å². The van der Waals surface area contributed by atoms with E-state index >= 15 is 0 Å². The molecular weight excluding hydrogens is 152 g/mol. The molecule has 0 aliphatic heterocycles. The summed E-state index contributed by atoms with van der Waals surface area (Å²) in [5.41, 5.74) is 0.208. The predicted molar refractivity (Wildman–Crippen MR) is 45.0 cm³/mol. The van der Waals surface area contributed by atoms with Crippen LogP contribution < -0.4 is 0 Å². The zero-order chi connectivity index (χ0) is 8.77. The normalized spacial score (nSPS) is 20.0. The fourth-order valence-corrected chi connectivity index (χ4v) is 1.11. The Bertz CT molecular complexity index is 286. The first-order valence-corrected chi connectivity index (χ1v) is 4.46. The predicted octanol–water partition coefficient (Wildman–Crippen LogP) is 2.24. The van der Waals surface area contributed by atoms with Gasteiger partial charge in [-0.1, -0.05) is 20.8 Å². The van der Waals surface area contributed by atoms with Crippen LogP contribution in [-0.4, -0.2) is 10.2 Å². The van der Waals surface area contributed by atoms with Crippen molar-refractivity contribution >= 4 is 0 Å². The number of hydrogen-bond donors (Lipinski definition) is 0. The first-order chi connectivity index (χ1) is 5.62. The van der Waals surface area contributed by atoms with E-state index < -0.39 is 0 Å². The van der Waals surface area contributed by atoms with Crippen molar-refractivity contribution < 1.29 is 4.42 Å². The molecule has 0 amide bonds. The maximum absolute atomic E-state index is 5.55. The monoisotopic (exact) mass is 166 g/mol. The van der Waals surface area contributed by atoms with E-state index in [1.807, 2.05) is 0 Å². The summed E-state index contributed by atoms with van der Waals surface area (Å²) in [7, 11) is 0. The molecule has 3 nitrogen and oxygen atoms in total. The summed E-state index contributed by atoms with van der Waals surface area (Å²) < 4.78 is 5.55. The molecule has 0 radical (unpaired) electrons. The highest BCUT2D eigenvalue weighted by atomic mass is 16.4. The molecule has 3 heteroatoms. The summed E-state index contributed by atoms with van der Waals surface area (Å²) in [6, 6.07) is 0. The molecule has 0 N–H and O–H groups in total. The third-order valence-electron chi connectivity index (χ3n) is 2.45. The number of nitrogens with zero attached hydrogens (tertiary/aromatic N) is 2. The van der Waals surface area contributed by atoms with Gasteiger partial charge in [0.15, 0.2) is 0 Å². The van der Waals surface area contributed by atoms with E-state index in [1.165, 1.54) is 12.8 Å². The Morgan fingerprint density at radius 2 is 2.00 bits per heavy atom. The van der Waals surface area contributed by atoms with Crippen molar-refractivity contribution in [1.82, 2.24) is 10.2 Å². The third-order valence-corrected chi connectivity index (χ3v) is 2.45. The minimum atomic E-state index is 0.208. The molecule has 1 aliphatic carbocycles. The van der Waals surface area contributed by atoms with Crippen LogP contribution in [0.3, 0.4) is 0 Å². The Balaban J connectivity index is 2.25. The van der Waals surface area contributed by atoms with Gasteiger partial charge in [-0.15, -0.1) is 10.2 Å². The number of rotatable bonds is 2. The number of aromatic nitrogens is 2. The fraction of sp³-hybridized carbons (Fsp3) is 0.778. The van der Waals surface area contributed by atoms with Gasteiger partial charge in [0.25, 0.3) is 0 Å². The van der Waals surface area contributed by atoms with Crippen LogP contribution >= 0.6 is 0 Å². The van der Waals surface area contributed by atoms with E-state index in [1.54, 1.807) is 0 Å². The molecule has 1 saturated carbocycles. The van der Waals surface area contributed by atoms with Gasteiger partial charge in [0.05, 0.1) is 0 Å². The topological polar surface area (TPSA) is 38.9 Å². The molecule has 2 rings (SSSR count). The van der Waals surface area contributed by atoms with E-state index in [0.29, 0.717) is 5.92 Å². The minimum absolute atomic E-state index is 0.208. The molecule has 0 atom stereocenters. The van der Waals surface area contributed by atoms with Crippen molar-refractivity contribution in [3.05, 3.63) is 11.8 Å². The Morgan fingerprint density at radius 1 is 1.33 bits per heavy atom. The van der Waals surface area contributed by atoms with Crippen LogP contribution in [-0.2, 0) is 5.41 Å². The summed E-state index contributed by atoms with van der Waals surface area (Å²) in [6.07, 6.45) is 2.37. The van der Waals surface area contributed by atoms with Gasteiger partial charge in [-0.2, -0.15) is 0 Å². The molecule has 0 unspecified atom stereocenters. The van der Waals surface area contributed by atoms with Crippen molar-refractivity contribution in [2.75, 3.05) is 0 Å². The second-order valence-electron chi connectivity index (χ2n) is 4.16. The van der Waals surface area contributed by atoms with Crippen LogP contribution in [0.15, 0.2) is 4.42 Å². The van der Waals surface area contributed by atoms with Crippen molar-refractivity contribution in [1.29, 1.82) is 0 Å². The first-order valence-electron chi connectivity index (χ1n) is 4.46. The zero-order valence-electron chi connectivity index (χ0n) is 7.79. The molecule has 1 aromatic rings. The van der Waals surface area contributed by atoms with Crippen molar-refractivity contribution in [2.24, 2.45) is 0 Å². The minimum Gasteiger partial charge on any atom is -0.424 e. The third kappa shape index (κ3) is 1.13. The van der Waals surface area contributed by atoms with Crippen molar-refractivity contribution in [3.8, 4) is 0 Å². The molecule has 1 heterocycles. The average Bonchev–Trinajstić information content (AvgIpc) is 2.61. The smallest absolute Gasteiger partial charge is 0.222 e. The quantitative estimate of drug-likeness (QED) is 0.676. The van der Waals surface area contributed by atoms with Crippen LogP contribution in [0.25, 0.3) is 0 Å². The van der Waals surface area contributed by atoms with E-state index in [2.05, 4.69) is 31.0 Å². The summed E-state index contributed by atoms with van der Waals surface area (Å²) in [6.45, 7) is 6.30. The van der Waals surface area contributed by atoms with Gasteiger partial charge in [-0.25, -0.2) is 0 Å². The van der Waals surface area contributed by atoms with Gasteiger partial charge in [0.1, 0.15) is 0 Å². The molecule has 12 heavy (non-hydrogen) atoms. The van der Waals surface area contributed by atoms with Crippen LogP contribution in [0, 0.1) is 0 Å². The maximum atomic E-state index is 5.55. The Hall–Kier alpha value is -0.860. The van der Waals surface area contributed by atoms with Crippen LogP contribution in [0.1, 0.15) is 51.3 Å². The van der Waals surface area contributed by atoms with Gasteiger partial charge in [-0.3, -0.25) is 0 Å². The molecule has 1 fully saturated rings. The van der Waals surface area contributed by atoms with Gasteiger partial charge in [-0.05, 0) is 12.8 Å². The summed E-state index contributed by atoms with van der Waals surface area (Å²) >= 11 is 0. The van der Waals surface area contributed by atoms with Gasteiger partial charge in [0, 0.05) is 11.3 Å². The van der Waals surface area contributed by atoms with Crippen LogP contribution in [0.2, 0.25) is 0 Å². The van der Waals surface area contributed by atoms with Crippen LogP contribution in [0.4, 0.5) is 0 Å². The second kappa shape index (κ2) is 2.31. The first kappa shape index (κ1) is 7.77. The Kier molecular flexibility index (Phi) is 1.50. The summed E-state index contributed by atoms with van der Waals surface area (Å²) in [5.74, 6) is 1.93. The lowest BCUT2D eigenvalue weighted by Gasteiger charge is -1.99. The van der Waals surface area contributed by atoms with E-state index in [-0.39, 0.29) is 5.41 Å². The zero-order valence-corrected chi connectivity index (χ0v) is 7.79. The van der Waals surface area contributed by atoms with E-state index in [9.17, 15) is 0 Å². The standard InChI is InChI=1S/C9H14N2O/c1-6(2)7-10-11-8(12-7)9(3)4-5-9/h6H,4-5H2,1-3H3. The largest absolute Gasteiger partial charge is 0.424 e. The van der Waals surface area contributed by atoms with Gasteiger partial charge in [0.2, 0.25) is 11.8 Å². The van der Waals surface area contributed by atoms with Crippen molar-refractivity contribution in [3.63, 3.8) is 0 Å². The SMILES string of the molecule is CC(C)c1nnc(C2(C)CC2)o1. The second-order valence-corrected chi connectivity index (χ2v) is 4.16. The lowest BCUT2D eigenvalue weighted by molar-refractivity contribution is 0.403.